The smallest absolute Gasteiger partial charge is 0.306 e. The van der Waals surface area contributed by atoms with E-state index in [0.717, 1.165) is 96.3 Å². The molecule has 0 saturated carbocycles. The summed E-state index contributed by atoms with van der Waals surface area (Å²) in [4.78, 5) is 38.2. The number of ether oxygens (including phenoxy) is 3. The Morgan fingerprint density at radius 3 is 0.912 bits per heavy atom. The molecule has 1 atom stereocenters. The van der Waals surface area contributed by atoms with Crippen molar-refractivity contribution >= 4 is 17.9 Å². The van der Waals surface area contributed by atoms with Gasteiger partial charge in [0.1, 0.15) is 13.2 Å². The van der Waals surface area contributed by atoms with Gasteiger partial charge in [-0.15, -0.1) is 0 Å². The first-order chi connectivity index (χ1) is 33.5. The summed E-state index contributed by atoms with van der Waals surface area (Å²) in [5.74, 6) is -0.903. The van der Waals surface area contributed by atoms with Gasteiger partial charge in [-0.25, -0.2) is 0 Å². The molecule has 0 amide bonds. The summed E-state index contributed by atoms with van der Waals surface area (Å²) in [5, 5.41) is 0. The lowest BCUT2D eigenvalue weighted by Crippen LogP contribution is -2.30. The minimum atomic E-state index is -0.787. The van der Waals surface area contributed by atoms with Crippen LogP contribution in [0.2, 0.25) is 0 Å². The third-order valence-corrected chi connectivity index (χ3v) is 12.4. The van der Waals surface area contributed by atoms with Gasteiger partial charge < -0.3 is 14.2 Å². The zero-order valence-electron chi connectivity index (χ0n) is 44.9. The van der Waals surface area contributed by atoms with Gasteiger partial charge in [-0.2, -0.15) is 0 Å². The van der Waals surface area contributed by atoms with E-state index in [0.29, 0.717) is 19.3 Å². The molecule has 0 saturated heterocycles. The van der Waals surface area contributed by atoms with E-state index in [9.17, 15) is 14.4 Å². The maximum Gasteiger partial charge on any atom is 0.306 e. The summed E-state index contributed by atoms with van der Waals surface area (Å²) < 4.78 is 16.9. The third-order valence-electron chi connectivity index (χ3n) is 12.4. The Balaban J connectivity index is 4.41. The van der Waals surface area contributed by atoms with Gasteiger partial charge in [-0.1, -0.05) is 229 Å². The van der Waals surface area contributed by atoms with Crippen LogP contribution in [0.15, 0.2) is 72.9 Å². The molecule has 392 valence electrons. The Morgan fingerprint density at radius 2 is 0.574 bits per heavy atom. The van der Waals surface area contributed by atoms with Gasteiger partial charge in [-0.05, 0) is 109 Å². The number of hydrogen-bond donors (Lipinski definition) is 0. The zero-order chi connectivity index (χ0) is 49.3. The highest BCUT2D eigenvalue weighted by molar-refractivity contribution is 5.71. The van der Waals surface area contributed by atoms with Crippen molar-refractivity contribution in [3.05, 3.63) is 72.9 Å². The van der Waals surface area contributed by atoms with Crippen molar-refractivity contribution in [2.24, 2.45) is 0 Å². The summed E-state index contributed by atoms with van der Waals surface area (Å²) >= 11 is 0. The number of allylic oxidation sites excluding steroid dienone is 12. The van der Waals surface area contributed by atoms with Crippen LogP contribution in [-0.4, -0.2) is 37.2 Å². The Bertz CT molecular complexity index is 1270. The number of esters is 3. The van der Waals surface area contributed by atoms with Crippen molar-refractivity contribution in [1.29, 1.82) is 0 Å². The van der Waals surface area contributed by atoms with Crippen LogP contribution in [-0.2, 0) is 28.6 Å². The molecule has 0 aliphatic heterocycles. The van der Waals surface area contributed by atoms with Crippen LogP contribution < -0.4 is 0 Å². The number of hydrogen-bond acceptors (Lipinski definition) is 6. The van der Waals surface area contributed by atoms with Gasteiger partial charge in [0, 0.05) is 19.3 Å². The van der Waals surface area contributed by atoms with Gasteiger partial charge in [0.25, 0.3) is 0 Å². The first-order valence-electron chi connectivity index (χ1n) is 28.9. The lowest BCUT2D eigenvalue weighted by Gasteiger charge is -2.18. The van der Waals surface area contributed by atoms with Crippen molar-refractivity contribution in [1.82, 2.24) is 0 Å². The van der Waals surface area contributed by atoms with Crippen LogP contribution in [0.4, 0.5) is 0 Å². The Labute approximate surface area is 421 Å². The number of rotatable bonds is 52. The first kappa shape index (κ1) is 64.8. The molecule has 0 N–H and O–H groups in total. The summed E-state index contributed by atoms with van der Waals surface area (Å²) in [6, 6.07) is 0. The minimum absolute atomic E-state index is 0.0854. The van der Waals surface area contributed by atoms with Crippen LogP contribution in [0.3, 0.4) is 0 Å². The second kappa shape index (κ2) is 56.4. The van der Waals surface area contributed by atoms with E-state index in [1.54, 1.807) is 0 Å². The predicted octanol–water partition coefficient (Wildman–Crippen LogP) is 19.4. The summed E-state index contributed by atoms with van der Waals surface area (Å²) in [6.07, 6.45) is 71.7. The topological polar surface area (TPSA) is 78.9 Å². The zero-order valence-corrected chi connectivity index (χ0v) is 44.9. The summed E-state index contributed by atoms with van der Waals surface area (Å²) in [5.41, 5.74) is 0. The Kier molecular flexibility index (Phi) is 53.8. The molecule has 6 nitrogen and oxygen atoms in total. The summed E-state index contributed by atoms with van der Waals surface area (Å²) in [7, 11) is 0. The molecule has 0 aliphatic carbocycles. The average molecular weight is 950 g/mol. The molecule has 68 heavy (non-hydrogen) atoms. The molecule has 0 fully saturated rings. The molecule has 0 heterocycles. The fourth-order valence-electron chi connectivity index (χ4n) is 8.07. The quantitative estimate of drug-likeness (QED) is 0.0262. The standard InChI is InChI=1S/C62H108O6/c1-4-7-10-13-16-19-22-25-28-30-31-33-34-37-40-43-46-49-52-55-61(64)67-58-59(57-66-60(63)54-51-48-45-42-39-36-27-24-21-18-15-12-9-6-3)68-62(65)56-53-50-47-44-41-38-35-32-29-26-23-20-17-14-11-8-5-2/h7,10,16,19,24-29,31,33,59H,4-6,8-9,11-15,17-18,20-23,30,32,34-58H2,1-3H3/b10-7-,19-16-,27-24-,28-25-,29-26-,33-31-. The molecule has 0 aromatic heterocycles. The predicted molar refractivity (Wildman–Crippen MR) is 293 cm³/mol. The normalized spacial score (nSPS) is 12.6. The van der Waals surface area contributed by atoms with Crippen LogP contribution in [0.1, 0.15) is 284 Å². The van der Waals surface area contributed by atoms with Crippen LogP contribution in [0, 0.1) is 0 Å². The third kappa shape index (κ3) is 53.8. The molecule has 0 aliphatic rings. The highest BCUT2D eigenvalue weighted by Crippen LogP contribution is 2.15. The van der Waals surface area contributed by atoms with E-state index in [1.165, 1.54) is 148 Å². The molecule has 0 radical (unpaired) electrons. The van der Waals surface area contributed by atoms with Gasteiger partial charge in [-0.3, -0.25) is 14.4 Å². The van der Waals surface area contributed by atoms with Gasteiger partial charge >= 0.3 is 17.9 Å². The molecule has 0 aromatic rings. The van der Waals surface area contributed by atoms with Crippen molar-refractivity contribution in [3.8, 4) is 0 Å². The molecule has 6 heteroatoms. The van der Waals surface area contributed by atoms with Crippen LogP contribution in [0.25, 0.3) is 0 Å². The molecule has 0 spiro atoms. The van der Waals surface area contributed by atoms with Crippen molar-refractivity contribution in [2.75, 3.05) is 13.2 Å². The fourth-order valence-corrected chi connectivity index (χ4v) is 8.07. The first-order valence-corrected chi connectivity index (χ1v) is 28.9. The van der Waals surface area contributed by atoms with E-state index in [1.807, 2.05) is 0 Å². The van der Waals surface area contributed by atoms with E-state index in [4.69, 9.17) is 14.2 Å². The fraction of sp³-hybridized carbons (Fsp3) is 0.758. The van der Waals surface area contributed by atoms with Crippen LogP contribution in [0.5, 0.6) is 0 Å². The number of unbranched alkanes of at least 4 members (excludes halogenated alkanes) is 29. The van der Waals surface area contributed by atoms with Crippen molar-refractivity contribution in [2.45, 2.75) is 290 Å². The molecule has 1 unspecified atom stereocenters. The largest absolute Gasteiger partial charge is 0.462 e. The minimum Gasteiger partial charge on any atom is -0.462 e. The summed E-state index contributed by atoms with van der Waals surface area (Å²) in [6.45, 7) is 6.51. The maximum atomic E-state index is 12.9. The molecule has 0 bridgehead atoms. The lowest BCUT2D eigenvalue weighted by molar-refractivity contribution is -0.167. The Hall–Kier alpha value is -3.15. The number of carbonyl (C=O) groups is 3. The average Bonchev–Trinajstić information content (AvgIpc) is 3.34. The van der Waals surface area contributed by atoms with Crippen molar-refractivity contribution in [3.63, 3.8) is 0 Å². The lowest BCUT2D eigenvalue weighted by atomic mass is 10.1. The highest BCUT2D eigenvalue weighted by Gasteiger charge is 2.19. The van der Waals surface area contributed by atoms with Gasteiger partial charge in [0.05, 0.1) is 0 Å². The monoisotopic (exact) mass is 949 g/mol. The van der Waals surface area contributed by atoms with Crippen LogP contribution >= 0.6 is 0 Å². The van der Waals surface area contributed by atoms with E-state index in [-0.39, 0.29) is 31.1 Å². The molecular formula is C62H108O6. The molecule has 0 aromatic carbocycles. The molecule has 0 rings (SSSR count). The van der Waals surface area contributed by atoms with Gasteiger partial charge in [0.15, 0.2) is 6.10 Å². The highest BCUT2D eigenvalue weighted by atomic mass is 16.6. The van der Waals surface area contributed by atoms with E-state index >= 15 is 0 Å². The second-order valence-electron chi connectivity index (χ2n) is 19.2. The number of carbonyl (C=O) groups excluding carboxylic acids is 3. The molecular weight excluding hydrogens is 841 g/mol. The van der Waals surface area contributed by atoms with E-state index in [2.05, 4.69) is 93.7 Å². The van der Waals surface area contributed by atoms with E-state index < -0.39 is 6.10 Å². The van der Waals surface area contributed by atoms with Gasteiger partial charge in [0.2, 0.25) is 0 Å². The maximum absolute atomic E-state index is 12.9. The second-order valence-corrected chi connectivity index (χ2v) is 19.2. The Morgan fingerprint density at radius 1 is 0.309 bits per heavy atom. The van der Waals surface area contributed by atoms with Crippen molar-refractivity contribution < 1.29 is 28.6 Å². The SMILES string of the molecule is CC/C=C\C/C=C\C/C=C\C/C=C\CCCCCCCCC(=O)OCC(COC(=O)CCCCCCC/C=C\CCCCCCC)OC(=O)CCCCCCCCC/C=C\CCCCCCCC.